The van der Waals surface area contributed by atoms with Gasteiger partial charge in [-0.3, -0.25) is 4.79 Å². The molecule has 2 aromatic heterocycles. The molecule has 1 aromatic carbocycles. The number of carbonyl (C=O) groups is 1. The Morgan fingerprint density at radius 3 is 3.04 bits per heavy atom. The van der Waals surface area contributed by atoms with E-state index in [1.807, 2.05) is 0 Å². The highest BCUT2D eigenvalue weighted by Crippen LogP contribution is 2.19. The topological polar surface area (TPSA) is 108 Å². The zero-order valence-electron chi connectivity index (χ0n) is 13.9. The van der Waals surface area contributed by atoms with Crippen LogP contribution in [-0.4, -0.2) is 48.3 Å². The molecule has 0 radical (unpaired) electrons. The van der Waals surface area contributed by atoms with Gasteiger partial charge in [0, 0.05) is 19.1 Å². The third-order valence-electron chi connectivity index (χ3n) is 4.46. The van der Waals surface area contributed by atoms with Gasteiger partial charge in [0.25, 0.3) is 5.91 Å². The molecule has 0 aliphatic carbocycles. The molecule has 9 heteroatoms. The molecule has 1 aliphatic rings. The Kier molecular flexibility index (Phi) is 4.25. The number of nitrogens with one attached hydrogen (secondary N) is 2. The van der Waals surface area contributed by atoms with Crippen LogP contribution in [0.5, 0.6) is 0 Å². The average Bonchev–Trinajstić information content (AvgIpc) is 3.32. The number of nitrogens with zero attached hydrogens (tertiary/aromatic N) is 2. The molecule has 1 unspecified atom stereocenters. The zero-order valence-corrected chi connectivity index (χ0v) is 14.7. The second-order valence-electron chi connectivity index (χ2n) is 6.27. The second kappa shape index (κ2) is 6.58. The van der Waals surface area contributed by atoms with Crippen LogP contribution in [-0.2, 0) is 10.0 Å². The number of fused-ring (bicyclic) bond motifs is 1. The van der Waals surface area contributed by atoms with E-state index in [2.05, 4.69) is 14.7 Å². The van der Waals surface area contributed by atoms with Crippen LogP contribution in [0.2, 0.25) is 0 Å². The lowest BCUT2D eigenvalue weighted by atomic mass is 10.1. The van der Waals surface area contributed by atoms with Crippen LogP contribution >= 0.6 is 0 Å². The first-order valence-corrected chi connectivity index (χ1v) is 9.79. The smallest absolute Gasteiger partial charge is 0.289 e. The Labute approximate surface area is 150 Å². The van der Waals surface area contributed by atoms with E-state index < -0.39 is 10.0 Å². The van der Waals surface area contributed by atoms with E-state index in [4.69, 9.17) is 4.42 Å². The summed E-state index contributed by atoms with van der Waals surface area (Å²) < 4.78 is 33.3. The minimum absolute atomic E-state index is 0.170. The Morgan fingerprint density at radius 2 is 2.23 bits per heavy atom. The number of piperidine rings is 1. The first-order valence-electron chi connectivity index (χ1n) is 8.31. The van der Waals surface area contributed by atoms with Crippen molar-refractivity contribution in [3.05, 3.63) is 48.7 Å². The summed E-state index contributed by atoms with van der Waals surface area (Å²) in [6.07, 6.45) is 4.36. The molecule has 1 amide bonds. The fourth-order valence-electron chi connectivity index (χ4n) is 3.18. The van der Waals surface area contributed by atoms with Crippen LogP contribution in [0.25, 0.3) is 11.0 Å². The van der Waals surface area contributed by atoms with Crippen molar-refractivity contribution >= 4 is 27.0 Å². The van der Waals surface area contributed by atoms with Gasteiger partial charge in [0.05, 0.1) is 28.5 Å². The number of furan rings is 1. The van der Waals surface area contributed by atoms with Crippen molar-refractivity contribution in [1.82, 2.24) is 19.6 Å². The van der Waals surface area contributed by atoms with Gasteiger partial charge in [0.1, 0.15) is 0 Å². The van der Waals surface area contributed by atoms with Gasteiger partial charge >= 0.3 is 0 Å². The fraction of sp³-hybridized carbons (Fsp3) is 0.294. The van der Waals surface area contributed by atoms with E-state index in [9.17, 15) is 13.2 Å². The third-order valence-corrected chi connectivity index (χ3v) is 5.98. The molecule has 1 fully saturated rings. The average molecular weight is 374 g/mol. The summed E-state index contributed by atoms with van der Waals surface area (Å²) in [6.45, 7) is 0.892. The third kappa shape index (κ3) is 3.23. The van der Waals surface area contributed by atoms with Gasteiger partial charge in [0.15, 0.2) is 5.76 Å². The van der Waals surface area contributed by atoms with Crippen molar-refractivity contribution in [2.24, 2.45) is 0 Å². The zero-order chi connectivity index (χ0) is 18.1. The van der Waals surface area contributed by atoms with Crippen molar-refractivity contribution < 1.29 is 17.6 Å². The Morgan fingerprint density at radius 1 is 1.35 bits per heavy atom. The molecule has 136 valence electrons. The molecular formula is C17H18N4O4S. The lowest BCUT2D eigenvalue weighted by Gasteiger charge is -2.32. The molecule has 1 aliphatic heterocycles. The number of likely N-dealkylation sites (tertiary alicyclic amines) is 1. The van der Waals surface area contributed by atoms with Gasteiger partial charge in [-0.25, -0.2) is 18.1 Å². The van der Waals surface area contributed by atoms with E-state index in [1.54, 1.807) is 29.2 Å². The molecule has 2 N–H and O–H groups in total. The van der Waals surface area contributed by atoms with Gasteiger partial charge in [-0.2, -0.15) is 0 Å². The molecular weight excluding hydrogens is 356 g/mol. The number of carbonyl (C=O) groups excluding carboxylic acids is 1. The Balaban J connectivity index is 1.49. The first kappa shape index (κ1) is 16.8. The molecule has 0 spiro atoms. The highest BCUT2D eigenvalue weighted by atomic mass is 32.2. The standard InChI is InChI=1S/C17H18N4O4S/c22-17(16-4-2-8-25-16)21-7-1-3-12(10-21)20-26(23,24)13-5-6-14-15(9-13)19-11-18-14/h2,4-6,8-9,11-12,20H,1,3,7,10H2,(H,18,19). The lowest BCUT2D eigenvalue weighted by molar-refractivity contribution is 0.0671. The van der Waals surface area contributed by atoms with Gasteiger partial charge < -0.3 is 14.3 Å². The molecule has 3 aromatic rings. The van der Waals surface area contributed by atoms with Crippen molar-refractivity contribution in [1.29, 1.82) is 0 Å². The molecule has 3 heterocycles. The van der Waals surface area contributed by atoms with Gasteiger partial charge in [-0.05, 0) is 43.2 Å². The Bertz CT molecular complexity index is 1030. The molecule has 0 bridgehead atoms. The first-order chi connectivity index (χ1) is 12.5. The van der Waals surface area contributed by atoms with Gasteiger partial charge in [0.2, 0.25) is 10.0 Å². The highest BCUT2D eigenvalue weighted by molar-refractivity contribution is 7.89. The summed E-state index contributed by atoms with van der Waals surface area (Å²) >= 11 is 0. The van der Waals surface area contributed by atoms with Crippen LogP contribution in [0.15, 0.2) is 52.2 Å². The van der Waals surface area contributed by atoms with Crippen LogP contribution in [0.1, 0.15) is 23.4 Å². The number of hydrogen-bond acceptors (Lipinski definition) is 5. The lowest BCUT2D eigenvalue weighted by Crippen LogP contribution is -2.49. The summed E-state index contributed by atoms with van der Waals surface area (Å²) in [5, 5.41) is 0. The normalized spacial score (nSPS) is 18.3. The SMILES string of the molecule is O=C(c1ccco1)N1CCCC(NS(=O)(=O)c2ccc3nc[nH]c3c2)C1. The number of hydrogen-bond donors (Lipinski definition) is 2. The van der Waals surface area contributed by atoms with E-state index >= 15 is 0 Å². The number of imidazole rings is 1. The number of aromatic nitrogens is 2. The maximum atomic E-state index is 12.7. The maximum absolute atomic E-state index is 12.7. The molecule has 4 rings (SSSR count). The van der Waals surface area contributed by atoms with Crippen molar-refractivity contribution in [2.75, 3.05) is 13.1 Å². The maximum Gasteiger partial charge on any atom is 0.289 e. The van der Waals surface area contributed by atoms with E-state index in [0.717, 1.165) is 6.42 Å². The van der Waals surface area contributed by atoms with E-state index in [1.165, 1.54) is 18.7 Å². The van der Waals surface area contributed by atoms with Crippen molar-refractivity contribution in [3.63, 3.8) is 0 Å². The number of sulfonamides is 1. The van der Waals surface area contributed by atoms with Crippen molar-refractivity contribution in [3.8, 4) is 0 Å². The van der Waals surface area contributed by atoms with E-state index in [-0.39, 0.29) is 22.6 Å². The van der Waals surface area contributed by atoms with Gasteiger partial charge in [-0.15, -0.1) is 0 Å². The number of aromatic amines is 1. The molecule has 0 saturated carbocycles. The van der Waals surface area contributed by atoms with Crippen LogP contribution < -0.4 is 4.72 Å². The fourth-order valence-corrected chi connectivity index (χ4v) is 4.47. The number of rotatable bonds is 4. The number of benzene rings is 1. The minimum Gasteiger partial charge on any atom is -0.459 e. The van der Waals surface area contributed by atoms with Crippen LogP contribution in [0.3, 0.4) is 0 Å². The molecule has 1 saturated heterocycles. The minimum atomic E-state index is -3.69. The second-order valence-corrected chi connectivity index (χ2v) is 7.98. The summed E-state index contributed by atoms with van der Waals surface area (Å²) in [6, 6.07) is 7.66. The molecule has 8 nitrogen and oxygen atoms in total. The number of amides is 1. The quantitative estimate of drug-likeness (QED) is 0.723. The predicted octanol–water partition coefficient (Wildman–Crippen LogP) is 1.74. The van der Waals surface area contributed by atoms with Gasteiger partial charge in [-0.1, -0.05) is 0 Å². The molecule has 1 atom stereocenters. The largest absolute Gasteiger partial charge is 0.459 e. The van der Waals surface area contributed by atoms with Crippen LogP contribution in [0, 0.1) is 0 Å². The molecule has 26 heavy (non-hydrogen) atoms. The monoisotopic (exact) mass is 374 g/mol. The Hall–Kier alpha value is -2.65. The predicted molar refractivity (Wildman–Crippen MR) is 94.0 cm³/mol. The number of H-pyrrole nitrogens is 1. The summed E-state index contributed by atoms with van der Waals surface area (Å²) in [5.74, 6) is 0.0379. The summed E-state index contributed by atoms with van der Waals surface area (Å²) in [5.41, 5.74) is 1.36. The summed E-state index contributed by atoms with van der Waals surface area (Å²) in [7, 11) is -3.69. The summed E-state index contributed by atoms with van der Waals surface area (Å²) in [4.78, 5) is 21.2. The van der Waals surface area contributed by atoms with E-state index in [0.29, 0.717) is 30.5 Å². The van der Waals surface area contributed by atoms with Crippen molar-refractivity contribution in [2.45, 2.75) is 23.8 Å². The highest BCUT2D eigenvalue weighted by Gasteiger charge is 2.29. The van der Waals surface area contributed by atoms with Crippen LogP contribution in [0.4, 0.5) is 0 Å².